The summed E-state index contributed by atoms with van der Waals surface area (Å²) in [6, 6.07) is 7.55. The number of nitrogens with one attached hydrogen (secondary N) is 1. The Kier molecular flexibility index (Phi) is 5.14. The summed E-state index contributed by atoms with van der Waals surface area (Å²) in [7, 11) is 0. The molecule has 1 aliphatic heterocycles. The van der Waals surface area contributed by atoms with Crippen LogP contribution in [-0.2, 0) is 6.42 Å². The van der Waals surface area contributed by atoms with Gasteiger partial charge in [-0.15, -0.1) is 0 Å². The van der Waals surface area contributed by atoms with E-state index in [0.29, 0.717) is 11.8 Å². The van der Waals surface area contributed by atoms with Gasteiger partial charge in [0.2, 0.25) is 0 Å². The summed E-state index contributed by atoms with van der Waals surface area (Å²) in [5.74, 6) is 1.06. The van der Waals surface area contributed by atoms with Crippen molar-refractivity contribution in [1.29, 1.82) is 0 Å². The standard InChI is InChI=1S/C15H21F2NO/c1-11-8-9-18-13(10-11)7-6-12-4-2-3-5-14(12)19-15(16)17/h2-5,11,13,15,18H,6-10H2,1H3. The predicted molar refractivity (Wildman–Crippen MR) is 71.6 cm³/mol. The van der Waals surface area contributed by atoms with Gasteiger partial charge in [-0.2, -0.15) is 8.78 Å². The van der Waals surface area contributed by atoms with Crippen LogP contribution in [0.5, 0.6) is 5.75 Å². The summed E-state index contributed by atoms with van der Waals surface area (Å²) >= 11 is 0. The van der Waals surface area contributed by atoms with Crippen molar-refractivity contribution < 1.29 is 13.5 Å². The molecule has 1 aromatic carbocycles. The first-order valence-corrected chi connectivity index (χ1v) is 6.91. The number of alkyl halides is 2. The molecule has 2 nitrogen and oxygen atoms in total. The van der Waals surface area contributed by atoms with E-state index in [1.807, 2.05) is 12.1 Å². The molecular formula is C15H21F2NO. The van der Waals surface area contributed by atoms with E-state index < -0.39 is 6.61 Å². The molecule has 0 bridgehead atoms. The minimum absolute atomic E-state index is 0.307. The highest BCUT2D eigenvalue weighted by Crippen LogP contribution is 2.24. The lowest BCUT2D eigenvalue weighted by atomic mass is 9.91. The van der Waals surface area contributed by atoms with Crippen molar-refractivity contribution in [2.75, 3.05) is 6.54 Å². The molecular weight excluding hydrogens is 248 g/mol. The van der Waals surface area contributed by atoms with Gasteiger partial charge in [0.05, 0.1) is 0 Å². The molecule has 4 heteroatoms. The molecule has 0 aliphatic carbocycles. The van der Waals surface area contributed by atoms with E-state index in [0.717, 1.165) is 37.3 Å². The van der Waals surface area contributed by atoms with Gasteiger partial charge < -0.3 is 10.1 Å². The molecule has 106 valence electrons. The molecule has 1 heterocycles. The summed E-state index contributed by atoms with van der Waals surface area (Å²) in [5.41, 5.74) is 0.864. The Bertz CT molecular complexity index is 397. The molecule has 2 rings (SSSR count). The largest absolute Gasteiger partial charge is 0.435 e. The van der Waals surface area contributed by atoms with Gasteiger partial charge in [0, 0.05) is 6.04 Å². The minimum Gasteiger partial charge on any atom is -0.435 e. The van der Waals surface area contributed by atoms with Crippen molar-refractivity contribution in [2.24, 2.45) is 5.92 Å². The quantitative estimate of drug-likeness (QED) is 0.881. The average molecular weight is 269 g/mol. The van der Waals surface area contributed by atoms with Crippen molar-refractivity contribution in [3.05, 3.63) is 29.8 Å². The van der Waals surface area contributed by atoms with Crippen molar-refractivity contribution >= 4 is 0 Å². The molecule has 1 aliphatic rings. The van der Waals surface area contributed by atoms with Crippen LogP contribution < -0.4 is 10.1 Å². The van der Waals surface area contributed by atoms with Gasteiger partial charge in [-0.1, -0.05) is 25.1 Å². The number of benzene rings is 1. The fourth-order valence-corrected chi connectivity index (χ4v) is 2.69. The fourth-order valence-electron chi connectivity index (χ4n) is 2.69. The molecule has 2 unspecified atom stereocenters. The third-order valence-electron chi connectivity index (χ3n) is 3.71. The van der Waals surface area contributed by atoms with Crippen LogP contribution in [0.4, 0.5) is 8.78 Å². The van der Waals surface area contributed by atoms with Crippen LogP contribution in [0.3, 0.4) is 0 Å². The molecule has 1 N–H and O–H groups in total. The number of piperidine rings is 1. The summed E-state index contributed by atoms with van der Waals surface area (Å²) in [6.45, 7) is 0.567. The zero-order valence-electron chi connectivity index (χ0n) is 11.2. The van der Waals surface area contributed by atoms with Gasteiger partial charge in [0.1, 0.15) is 5.75 Å². The molecule has 0 amide bonds. The number of para-hydroxylation sites is 1. The molecule has 19 heavy (non-hydrogen) atoms. The van der Waals surface area contributed by atoms with Gasteiger partial charge in [-0.25, -0.2) is 0 Å². The van der Waals surface area contributed by atoms with Crippen LogP contribution in [0.1, 0.15) is 31.7 Å². The molecule has 1 saturated heterocycles. The van der Waals surface area contributed by atoms with Crippen molar-refractivity contribution in [3.8, 4) is 5.75 Å². The zero-order chi connectivity index (χ0) is 13.7. The van der Waals surface area contributed by atoms with Gasteiger partial charge >= 0.3 is 6.61 Å². The van der Waals surface area contributed by atoms with E-state index in [1.54, 1.807) is 12.1 Å². The van der Waals surface area contributed by atoms with E-state index in [9.17, 15) is 8.78 Å². The monoisotopic (exact) mass is 269 g/mol. The first-order valence-electron chi connectivity index (χ1n) is 6.91. The SMILES string of the molecule is CC1CCNC(CCc2ccccc2OC(F)F)C1. The Morgan fingerprint density at radius 1 is 1.37 bits per heavy atom. The normalized spacial score (nSPS) is 23.6. The fraction of sp³-hybridized carbons (Fsp3) is 0.600. The van der Waals surface area contributed by atoms with Crippen LogP contribution in [-0.4, -0.2) is 19.2 Å². The van der Waals surface area contributed by atoms with E-state index in [1.165, 1.54) is 6.42 Å². The summed E-state index contributed by atoms with van der Waals surface area (Å²) in [4.78, 5) is 0. The second kappa shape index (κ2) is 6.85. The number of hydrogen-bond acceptors (Lipinski definition) is 2. The highest BCUT2D eigenvalue weighted by molar-refractivity contribution is 5.33. The Morgan fingerprint density at radius 2 is 2.16 bits per heavy atom. The second-order valence-electron chi connectivity index (χ2n) is 5.31. The molecule has 2 atom stereocenters. The van der Waals surface area contributed by atoms with E-state index in [4.69, 9.17) is 0 Å². The van der Waals surface area contributed by atoms with E-state index in [2.05, 4.69) is 17.0 Å². The number of rotatable bonds is 5. The Hall–Kier alpha value is -1.16. The van der Waals surface area contributed by atoms with Crippen LogP contribution in [0.15, 0.2) is 24.3 Å². The number of hydrogen-bond donors (Lipinski definition) is 1. The summed E-state index contributed by atoms with van der Waals surface area (Å²) in [6.07, 6.45) is 4.13. The highest BCUT2D eigenvalue weighted by atomic mass is 19.3. The predicted octanol–water partition coefficient (Wildman–Crippen LogP) is 3.61. The number of aryl methyl sites for hydroxylation is 1. The Labute approximate surface area is 113 Å². The number of ether oxygens (including phenoxy) is 1. The molecule has 1 aromatic rings. The maximum absolute atomic E-state index is 12.3. The van der Waals surface area contributed by atoms with Crippen LogP contribution in [0.2, 0.25) is 0 Å². The topological polar surface area (TPSA) is 21.3 Å². The summed E-state index contributed by atoms with van der Waals surface area (Å²) in [5, 5.41) is 3.49. The zero-order valence-corrected chi connectivity index (χ0v) is 11.2. The lowest BCUT2D eigenvalue weighted by molar-refractivity contribution is -0.0504. The van der Waals surface area contributed by atoms with Crippen LogP contribution >= 0.6 is 0 Å². The van der Waals surface area contributed by atoms with E-state index in [-0.39, 0.29) is 0 Å². The van der Waals surface area contributed by atoms with Crippen LogP contribution in [0, 0.1) is 5.92 Å². The third-order valence-corrected chi connectivity index (χ3v) is 3.71. The minimum atomic E-state index is -2.76. The van der Waals surface area contributed by atoms with Crippen molar-refractivity contribution in [3.63, 3.8) is 0 Å². The van der Waals surface area contributed by atoms with Crippen molar-refractivity contribution in [2.45, 2.75) is 45.3 Å². The van der Waals surface area contributed by atoms with Crippen LogP contribution in [0.25, 0.3) is 0 Å². The first-order chi connectivity index (χ1) is 9.15. The molecule has 1 fully saturated rings. The maximum atomic E-state index is 12.3. The lowest BCUT2D eigenvalue weighted by Gasteiger charge is -2.28. The van der Waals surface area contributed by atoms with Gasteiger partial charge in [-0.05, 0) is 49.8 Å². The Morgan fingerprint density at radius 3 is 2.89 bits per heavy atom. The van der Waals surface area contributed by atoms with Gasteiger partial charge in [-0.3, -0.25) is 0 Å². The average Bonchev–Trinajstić information content (AvgIpc) is 2.37. The number of halogens is 2. The third kappa shape index (κ3) is 4.46. The van der Waals surface area contributed by atoms with Crippen molar-refractivity contribution in [1.82, 2.24) is 5.32 Å². The Balaban J connectivity index is 1.91. The molecule has 0 radical (unpaired) electrons. The van der Waals surface area contributed by atoms with E-state index >= 15 is 0 Å². The second-order valence-corrected chi connectivity index (χ2v) is 5.31. The lowest BCUT2D eigenvalue weighted by Crippen LogP contribution is -2.37. The smallest absolute Gasteiger partial charge is 0.387 e. The first kappa shape index (κ1) is 14.3. The highest BCUT2D eigenvalue weighted by Gasteiger charge is 2.18. The molecule has 0 aromatic heterocycles. The summed E-state index contributed by atoms with van der Waals surface area (Å²) < 4.78 is 29.2. The molecule has 0 spiro atoms. The van der Waals surface area contributed by atoms with Gasteiger partial charge in [0.15, 0.2) is 0 Å². The maximum Gasteiger partial charge on any atom is 0.387 e. The molecule has 0 saturated carbocycles. The van der Waals surface area contributed by atoms with Gasteiger partial charge in [0.25, 0.3) is 0 Å².